The fourth-order valence-corrected chi connectivity index (χ4v) is 2.67. The molecule has 6 nitrogen and oxygen atoms in total. The first-order valence-corrected chi connectivity index (χ1v) is 7.97. The lowest BCUT2D eigenvalue weighted by molar-refractivity contribution is -0.148. The zero-order chi connectivity index (χ0) is 19.3. The summed E-state index contributed by atoms with van der Waals surface area (Å²) in [4.78, 5) is 26.9. The normalized spacial score (nSPS) is 20.7. The third-order valence-electron chi connectivity index (χ3n) is 4.13. The van der Waals surface area contributed by atoms with Crippen LogP contribution in [-0.2, 0) is 9.59 Å². The van der Waals surface area contributed by atoms with Gasteiger partial charge in [0.05, 0.1) is 17.8 Å². The number of hydrogen-bond donors (Lipinski definition) is 2. The van der Waals surface area contributed by atoms with Gasteiger partial charge in [0, 0.05) is 12.0 Å². The van der Waals surface area contributed by atoms with Crippen molar-refractivity contribution >= 4 is 17.6 Å². The van der Waals surface area contributed by atoms with Crippen LogP contribution >= 0.6 is 0 Å². The minimum atomic E-state index is -4.28. The number of carboxylic acid groups (broad SMARTS) is 1. The molecule has 1 amide bonds. The van der Waals surface area contributed by atoms with E-state index in [-0.39, 0.29) is 23.9 Å². The fourth-order valence-electron chi connectivity index (χ4n) is 2.67. The Balaban J connectivity index is 1.88. The molecule has 0 bridgehead atoms. The Labute approximate surface area is 146 Å². The highest BCUT2D eigenvalue weighted by atomic mass is 19.3. The number of amides is 1. The average molecular weight is 378 g/mol. The maximum atomic E-state index is 12.8. The molecule has 0 saturated heterocycles. The highest BCUT2D eigenvalue weighted by Crippen LogP contribution is 2.30. The van der Waals surface area contributed by atoms with Crippen molar-refractivity contribution < 1.29 is 37.0 Å². The lowest BCUT2D eigenvalue weighted by Gasteiger charge is -2.25. The lowest BCUT2D eigenvalue weighted by Crippen LogP contribution is -2.33. The van der Waals surface area contributed by atoms with Crippen LogP contribution in [0.3, 0.4) is 0 Å². The number of carbonyl (C=O) groups excluding carboxylic acids is 1. The van der Waals surface area contributed by atoms with Crippen LogP contribution in [0.25, 0.3) is 0 Å². The number of nitrogens with one attached hydrogen (secondary N) is 1. The van der Waals surface area contributed by atoms with E-state index in [1.54, 1.807) is 0 Å². The Morgan fingerprint density at radius 2 is 2.00 bits per heavy atom. The van der Waals surface area contributed by atoms with Gasteiger partial charge in [0.2, 0.25) is 11.8 Å². The van der Waals surface area contributed by atoms with E-state index in [2.05, 4.69) is 15.0 Å². The van der Waals surface area contributed by atoms with Crippen molar-refractivity contribution in [3.8, 4) is 5.88 Å². The maximum Gasteiger partial charge on any atom is 0.340 e. The zero-order valence-electron chi connectivity index (χ0n) is 13.6. The molecule has 1 saturated carbocycles. The standard InChI is InChI=1S/C16H18F4N2O4/c17-15(18)16(19,20)8-26-12-5-4-11(7-21-12)22-13(23)9-2-1-3-10(6-9)14(24)25/h4-5,7,9-10,15H,1-3,6,8H2,(H,22,23)(H,24,25). The van der Waals surface area contributed by atoms with Gasteiger partial charge in [-0.2, -0.15) is 8.78 Å². The quantitative estimate of drug-likeness (QED) is 0.712. The van der Waals surface area contributed by atoms with Gasteiger partial charge in [-0.25, -0.2) is 13.8 Å². The highest BCUT2D eigenvalue weighted by molar-refractivity contribution is 5.92. The summed E-state index contributed by atoms with van der Waals surface area (Å²) in [6, 6.07) is 2.50. The number of halogens is 4. The van der Waals surface area contributed by atoms with Crippen LogP contribution in [0.15, 0.2) is 18.3 Å². The first-order valence-electron chi connectivity index (χ1n) is 7.97. The van der Waals surface area contributed by atoms with Gasteiger partial charge in [-0.1, -0.05) is 6.42 Å². The molecule has 2 atom stereocenters. The van der Waals surface area contributed by atoms with Crippen molar-refractivity contribution in [2.45, 2.75) is 38.0 Å². The number of aromatic nitrogens is 1. The predicted molar refractivity (Wildman–Crippen MR) is 82.4 cm³/mol. The summed E-state index contributed by atoms with van der Waals surface area (Å²) in [5, 5.41) is 11.6. The van der Waals surface area contributed by atoms with E-state index >= 15 is 0 Å². The smallest absolute Gasteiger partial charge is 0.340 e. The predicted octanol–water partition coefficient (Wildman–Crippen LogP) is 3.19. The van der Waals surface area contributed by atoms with Crippen molar-refractivity contribution in [2.24, 2.45) is 11.8 Å². The Kier molecular flexibility index (Phi) is 6.38. The van der Waals surface area contributed by atoms with Crippen LogP contribution in [0.1, 0.15) is 25.7 Å². The van der Waals surface area contributed by atoms with Gasteiger partial charge in [-0.15, -0.1) is 0 Å². The summed E-state index contributed by atoms with van der Waals surface area (Å²) < 4.78 is 54.2. The van der Waals surface area contributed by atoms with Gasteiger partial charge in [-0.05, 0) is 25.3 Å². The lowest BCUT2D eigenvalue weighted by atomic mass is 9.81. The Bertz CT molecular complexity index is 640. The molecule has 1 aliphatic carbocycles. The molecule has 2 rings (SSSR count). The third-order valence-corrected chi connectivity index (χ3v) is 4.13. The van der Waals surface area contributed by atoms with Crippen LogP contribution < -0.4 is 10.1 Å². The molecule has 2 N–H and O–H groups in total. The third kappa shape index (κ3) is 5.30. The summed E-state index contributed by atoms with van der Waals surface area (Å²) in [6.45, 7) is -1.51. The molecule has 1 fully saturated rings. The Morgan fingerprint density at radius 3 is 2.58 bits per heavy atom. The molecule has 2 unspecified atom stereocenters. The van der Waals surface area contributed by atoms with E-state index in [1.165, 1.54) is 6.07 Å². The molecule has 0 radical (unpaired) electrons. The minimum absolute atomic E-state index is 0.249. The molecule has 0 aliphatic heterocycles. The molecular weight excluding hydrogens is 360 g/mol. The minimum Gasteiger partial charge on any atom is -0.481 e. The summed E-state index contributed by atoms with van der Waals surface area (Å²) in [7, 11) is 0. The van der Waals surface area contributed by atoms with Gasteiger partial charge in [-0.3, -0.25) is 9.59 Å². The number of anilines is 1. The second-order valence-electron chi connectivity index (χ2n) is 6.12. The molecule has 144 valence electrons. The van der Waals surface area contributed by atoms with Crippen LogP contribution in [0.4, 0.5) is 23.2 Å². The molecule has 1 aliphatic rings. The molecule has 0 spiro atoms. The number of ether oxygens (including phenoxy) is 1. The maximum absolute atomic E-state index is 12.8. The van der Waals surface area contributed by atoms with E-state index < -0.39 is 36.8 Å². The number of rotatable bonds is 7. The number of pyridine rings is 1. The van der Waals surface area contributed by atoms with Gasteiger partial charge in [0.1, 0.15) is 0 Å². The van der Waals surface area contributed by atoms with Gasteiger partial charge in [0.25, 0.3) is 0 Å². The van der Waals surface area contributed by atoms with Gasteiger partial charge >= 0.3 is 18.3 Å². The molecule has 1 aromatic heterocycles. The number of alkyl halides is 4. The summed E-state index contributed by atoms with van der Waals surface area (Å²) in [5.41, 5.74) is 0.264. The van der Waals surface area contributed by atoms with Gasteiger partial charge < -0.3 is 15.2 Å². The zero-order valence-corrected chi connectivity index (χ0v) is 13.6. The van der Waals surface area contributed by atoms with Crippen molar-refractivity contribution in [1.82, 2.24) is 4.98 Å². The van der Waals surface area contributed by atoms with Crippen LogP contribution in [0, 0.1) is 11.8 Å². The Hall–Kier alpha value is -2.39. The first-order chi connectivity index (χ1) is 12.2. The van der Waals surface area contributed by atoms with E-state index in [0.717, 1.165) is 12.3 Å². The van der Waals surface area contributed by atoms with Crippen molar-refractivity contribution in [3.05, 3.63) is 18.3 Å². The fraction of sp³-hybridized carbons (Fsp3) is 0.562. The second kappa shape index (κ2) is 8.33. The van der Waals surface area contributed by atoms with Crippen LogP contribution in [0.5, 0.6) is 5.88 Å². The number of aliphatic carboxylic acids is 1. The van der Waals surface area contributed by atoms with Crippen LogP contribution in [-0.4, -0.2) is 40.9 Å². The molecule has 1 heterocycles. The topological polar surface area (TPSA) is 88.5 Å². The largest absolute Gasteiger partial charge is 0.481 e. The van der Waals surface area contributed by atoms with Gasteiger partial charge in [0.15, 0.2) is 6.61 Å². The highest BCUT2D eigenvalue weighted by Gasteiger charge is 2.41. The molecule has 26 heavy (non-hydrogen) atoms. The van der Waals surface area contributed by atoms with Crippen molar-refractivity contribution in [2.75, 3.05) is 11.9 Å². The van der Waals surface area contributed by atoms with E-state index in [1.807, 2.05) is 0 Å². The molecule has 10 heteroatoms. The summed E-state index contributed by atoms with van der Waals surface area (Å²) in [5.74, 6) is -6.83. The molecular formula is C16H18F4N2O4. The summed E-state index contributed by atoms with van der Waals surface area (Å²) >= 11 is 0. The van der Waals surface area contributed by atoms with E-state index in [9.17, 15) is 27.2 Å². The van der Waals surface area contributed by atoms with Crippen molar-refractivity contribution in [1.29, 1.82) is 0 Å². The number of carboxylic acids is 1. The SMILES string of the molecule is O=C(O)C1CCCC(C(=O)Nc2ccc(OCC(F)(F)C(F)F)nc2)C1. The number of nitrogens with zero attached hydrogens (tertiary/aromatic N) is 1. The van der Waals surface area contributed by atoms with Crippen LogP contribution in [0.2, 0.25) is 0 Å². The molecule has 0 aromatic carbocycles. The second-order valence-corrected chi connectivity index (χ2v) is 6.12. The Morgan fingerprint density at radius 1 is 1.31 bits per heavy atom. The summed E-state index contributed by atoms with van der Waals surface area (Å²) in [6.07, 6.45) is -0.698. The average Bonchev–Trinajstić information content (AvgIpc) is 2.61. The first kappa shape index (κ1) is 19.9. The number of carbonyl (C=O) groups is 2. The van der Waals surface area contributed by atoms with E-state index in [0.29, 0.717) is 19.3 Å². The van der Waals surface area contributed by atoms with Crippen molar-refractivity contribution in [3.63, 3.8) is 0 Å². The number of hydrogen-bond acceptors (Lipinski definition) is 4. The van der Waals surface area contributed by atoms with E-state index in [4.69, 9.17) is 5.11 Å². The monoisotopic (exact) mass is 378 g/mol. The molecule has 1 aromatic rings.